The van der Waals surface area contributed by atoms with Crippen LogP contribution in [0.4, 0.5) is 0 Å². The smallest absolute Gasteiger partial charge is 0.342 e. The summed E-state index contributed by atoms with van der Waals surface area (Å²) >= 11 is 1.97. The Morgan fingerprint density at radius 2 is 1.77 bits per heavy atom. The molecule has 0 aromatic heterocycles. The van der Waals surface area contributed by atoms with Crippen molar-refractivity contribution in [2.24, 2.45) is 0 Å². The van der Waals surface area contributed by atoms with E-state index in [4.69, 9.17) is 9.47 Å². The highest BCUT2D eigenvalue weighted by Gasteiger charge is 2.21. The molecule has 0 amide bonds. The molecule has 114 valence electrons. The molecule has 2 aromatic rings. The SMILES string of the molecule is COC(=O)c1c(OCc2ccccc2)ccc(C(C)=O)c1I. The fourth-order valence-electron chi connectivity index (χ4n) is 1.98. The van der Waals surface area contributed by atoms with Gasteiger partial charge in [-0.1, -0.05) is 30.3 Å². The van der Waals surface area contributed by atoms with Crippen molar-refractivity contribution in [3.05, 3.63) is 62.7 Å². The minimum absolute atomic E-state index is 0.107. The Balaban J connectivity index is 2.36. The van der Waals surface area contributed by atoms with Crippen molar-refractivity contribution in [1.29, 1.82) is 0 Å². The van der Waals surface area contributed by atoms with E-state index in [9.17, 15) is 9.59 Å². The summed E-state index contributed by atoms with van der Waals surface area (Å²) in [6.45, 7) is 1.80. The number of hydrogen-bond acceptors (Lipinski definition) is 4. The third kappa shape index (κ3) is 3.65. The monoisotopic (exact) mass is 410 g/mol. The van der Waals surface area contributed by atoms with E-state index in [-0.39, 0.29) is 11.3 Å². The number of carbonyl (C=O) groups excluding carboxylic acids is 2. The fourth-order valence-corrected chi connectivity index (χ4v) is 3.02. The summed E-state index contributed by atoms with van der Waals surface area (Å²) in [5.41, 5.74) is 1.75. The minimum Gasteiger partial charge on any atom is -0.488 e. The molecule has 0 bridgehead atoms. The van der Waals surface area contributed by atoms with Crippen LogP contribution in [0.15, 0.2) is 42.5 Å². The molecule has 0 spiro atoms. The number of rotatable bonds is 5. The Kier molecular flexibility index (Phi) is 5.54. The number of ketones is 1. The molecule has 0 aliphatic heterocycles. The normalized spacial score (nSPS) is 10.1. The van der Waals surface area contributed by atoms with Crippen LogP contribution in [0.5, 0.6) is 5.75 Å². The van der Waals surface area contributed by atoms with Gasteiger partial charge in [0.05, 0.1) is 7.11 Å². The van der Waals surface area contributed by atoms with Crippen molar-refractivity contribution in [2.75, 3.05) is 7.11 Å². The zero-order chi connectivity index (χ0) is 16.1. The zero-order valence-electron chi connectivity index (χ0n) is 12.3. The first kappa shape index (κ1) is 16.5. The van der Waals surface area contributed by atoms with Gasteiger partial charge >= 0.3 is 5.97 Å². The topological polar surface area (TPSA) is 52.6 Å². The lowest BCUT2D eigenvalue weighted by molar-refractivity contribution is 0.0594. The second kappa shape index (κ2) is 7.40. The maximum absolute atomic E-state index is 12.0. The Morgan fingerprint density at radius 3 is 2.36 bits per heavy atom. The van der Waals surface area contributed by atoms with Crippen LogP contribution in [0, 0.1) is 3.57 Å². The van der Waals surface area contributed by atoms with Crippen molar-refractivity contribution in [2.45, 2.75) is 13.5 Å². The minimum atomic E-state index is -0.518. The number of methoxy groups -OCH3 is 1. The van der Waals surface area contributed by atoms with E-state index in [1.807, 2.05) is 52.9 Å². The van der Waals surface area contributed by atoms with Gasteiger partial charge in [0.25, 0.3) is 0 Å². The van der Waals surface area contributed by atoms with E-state index >= 15 is 0 Å². The summed E-state index contributed by atoms with van der Waals surface area (Å²) in [6.07, 6.45) is 0. The second-order valence-corrected chi connectivity index (χ2v) is 5.70. The largest absolute Gasteiger partial charge is 0.488 e. The highest BCUT2D eigenvalue weighted by molar-refractivity contribution is 14.1. The van der Waals surface area contributed by atoms with Crippen LogP contribution < -0.4 is 4.74 Å². The van der Waals surface area contributed by atoms with Gasteiger partial charge < -0.3 is 9.47 Å². The van der Waals surface area contributed by atoms with Crippen molar-refractivity contribution >= 4 is 34.3 Å². The summed E-state index contributed by atoms with van der Waals surface area (Å²) in [5.74, 6) is -0.218. The third-order valence-corrected chi connectivity index (χ3v) is 4.23. The van der Waals surface area contributed by atoms with Gasteiger partial charge in [-0.3, -0.25) is 4.79 Å². The molecular weight excluding hydrogens is 395 g/mol. The summed E-state index contributed by atoms with van der Waals surface area (Å²) in [4.78, 5) is 23.6. The zero-order valence-corrected chi connectivity index (χ0v) is 14.4. The standard InChI is InChI=1S/C17H15IO4/c1-11(19)13-8-9-14(15(16(13)18)17(20)21-2)22-10-12-6-4-3-5-7-12/h3-9H,10H2,1-2H3. The number of benzene rings is 2. The molecule has 5 heteroatoms. The molecular formula is C17H15IO4. The van der Waals surface area contributed by atoms with Crippen molar-refractivity contribution in [3.8, 4) is 5.75 Å². The summed E-state index contributed by atoms with van der Waals surface area (Å²) in [5, 5.41) is 0. The highest BCUT2D eigenvalue weighted by Crippen LogP contribution is 2.29. The van der Waals surface area contributed by atoms with Crippen LogP contribution >= 0.6 is 22.6 Å². The van der Waals surface area contributed by atoms with Gasteiger partial charge in [0.1, 0.15) is 17.9 Å². The Morgan fingerprint density at radius 1 is 1.09 bits per heavy atom. The number of ether oxygens (including phenoxy) is 2. The maximum Gasteiger partial charge on any atom is 0.342 e. The molecule has 0 aliphatic carbocycles. The van der Waals surface area contributed by atoms with Crippen molar-refractivity contribution in [1.82, 2.24) is 0 Å². The first-order valence-corrected chi connectivity index (χ1v) is 7.71. The maximum atomic E-state index is 12.0. The first-order valence-electron chi connectivity index (χ1n) is 6.63. The van der Waals surface area contributed by atoms with Crippen LogP contribution in [0.25, 0.3) is 0 Å². The van der Waals surface area contributed by atoms with E-state index in [0.29, 0.717) is 21.5 Å². The van der Waals surface area contributed by atoms with Gasteiger partial charge in [0, 0.05) is 9.13 Å². The third-order valence-electron chi connectivity index (χ3n) is 3.11. The Hall–Kier alpha value is -1.89. The quantitative estimate of drug-likeness (QED) is 0.427. The van der Waals surface area contributed by atoms with E-state index in [1.54, 1.807) is 12.1 Å². The molecule has 2 rings (SSSR count). The molecule has 0 fully saturated rings. The molecule has 0 saturated carbocycles. The molecule has 0 radical (unpaired) electrons. The van der Waals surface area contributed by atoms with Crippen LogP contribution in [0.3, 0.4) is 0 Å². The van der Waals surface area contributed by atoms with Gasteiger partial charge in [-0.2, -0.15) is 0 Å². The lowest BCUT2D eigenvalue weighted by Crippen LogP contribution is -2.11. The van der Waals surface area contributed by atoms with Gasteiger partial charge in [0.15, 0.2) is 5.78 Å². The van der Waals surface area contributed by atoms with E-state index in [1.165, 1.54) is 14.0 Å². The van der Waals surface area contributed by atoms with Crippen LogP contribution in [-0.2, 0) is 11.3 Å². The predicted molar refractivity (Wildman–Crippen MR) is 91.3 cm³/mol. The molecule has 0 atom stereocenters. The summed E-state index contributed by atoms with van der Waals surface area (Å²) in [6, 6.07) is 12.9. The fraction of sp³-hybridized carbons (Fsp3) is 0.176. The van der Waals surface area contributed by atoms with Crippen LogP contribution in [0.2, 0.25) is 0 Å². The summed E-state index contributed by atoms with van der Waals surface area (Å²) < 4.78 is 11.1. The molecule has 4 nitrogen and oxygen atoms in total. The Bertz CT molecular complexity index is 695. The molecule has 0 heterocycles. The Labute approximate surface area is 142 Å². The summed E-state index contributed by atoms with van der Waals surface area (Å²) in [7, 11) is 1.31. The lowest BCUT2D eigenvalue weighted by Gasteiger charge is -2.13. The van der Waals surface area contributed by atoms with E-state index in [0.717, 1.165) is 5.56 Å². The van der Waals surface area contributed by atoms with Crippen LogP contribution in [0.1, 0.15) is 33.2 Å². The van der Waals surface area contributed by atoms with Crippen LogP contribution in [-0.4, -0.2) is 18.9 Å². The van der Waals surface area contributed by atoms with E-state index in [2.05, 4.69) is 0 Å². The predicted octanol–water partition coefficient (Wildman–Crippen LogP) is 3.86. The van der Waals surface area contributed by atoms with Gasteiger partial charge in [-0.05, 0) is 47.2 Å². The van der Waals surface area contributed by atoms with Gasteiger partial charge in [-0.15, -0.1) is 0 Å². The molecule has 22 heavy (non-hydrogen) atoms. The average Bonchev–Trinajstić information content (AvgIpc) is 2.52. The molecule has 0 N–H and O–H groups in total. The van der Waals surface area contributed by atoms with E-state index < -0.39 is 5.97 Å². The number of halogens is 1. The molecule has 0 saturated heterocycles. The van der Waals surface area contributed by atoms with Crippen molar-refractivity contribution in [3.63, 3.8) is 0 Å². The highest BCUT2D eigenvalue weighted by atomic mass is 127. The number of esters is 1. The van der Waals surface area contributed by atoms with Crippen molar-refractivity contribution < 1.29 is 19.1 Å². The molecule has 0 unspecified atom stereocenters. The average molecular weight is 410 g/mol. The lowest BCUT2D eigenvalue weighted by atomic mass is 10.1. The van der Waals surface area contributed by atoms with Gasteiger partial charge in [-0.25, -0.2) is 4.79 Å². The van der Waals surface area contributed by atoms with Gasteiger partial charge in [0.2, 0.25) is 0 Å². The first-order chi connectivity index (χ1) is 10.5. The number of Topliss-reactive ketones (excluding diaryl/α,β-unsaturated/α-hetero) is 1. The number of carbonyl (C=O) groups is 2. The molecule has 0 aliphatic rings. The molecule has 2 aromatic carbocycles. The second-order valence-electron chi connectivity index (χ2n) is 4.62. The number of hydrogen-bond donors (Lipinski definition) is 0.